The Balaban J connectivity index is 2.27. The minimum absolute atomic E-state index is 0.133. The molecular weight excluding hydrogens is 259 g/mol. The summed E-state index contributed by atoms with van der Waals surface area (Å²) >= 11 is 0. The van der Waals surface area contributed by atoms with Gasteiger partial charge in [0.25, 0.3) is 0 Å². The number of nitrogens with zero attached hydrogens (tertiary/aromatic N) is 1. The van der Waals surface area contributed by atoms with Gasteiger partial charge in [-0.25, -0.2) is 0 Å². The molecule has 0 fully saturated rings. The third-order valence-corrected chi connectivity index (χ3v) is 4.29. The molecule has 20 heavy (non-hydrogen) atoms. The van der Waals surface area contributed by atoms with E-state index in [1.54, 1.807) is 6.92 Å². The second-order valence-electron chi connectivity index (χ2n) is 5.41. The number of Topliss-reactive ketones (excluding diaryl/α,β-unsaturated/α-hetero) is 2. The molecule has 5 heteroatoms. The van der Waals surface area contributed by atoms with Crippen LogP contribution in [-0.2, 0) is 17.7 Å². The molecular formula is C15H17NO4. The maximum atomic E-state index is 12.5. The third kappa shape index (κ3) is 1.53. The van der Waals surface area contributed by atoms with E-state index in [0.29, 0.717) is 36.2 Å². The van der Waals surface area contributed by atoms with E-state index in [1.165, 1.54) is 7.11 Å². The van der Waals surface area contributed by atoms with Crippen LogP contribution in [0.5, 0.6) is 0 Å². The second-order valence-corrected chi connectivity index (χ2v) is 5.41. The number of hydrogen-bond donors (Lipinski definition) is 1. The summed E-state index contributed by atoms with van der Waals surface area (Å²) < 4.78 is 7.00. The summed E-state index contributed by atoms with van der Waals surface area (Å²) in [6.45, 7) is 4.03. The van der Waals surface area contributed by atoms with Crippen LogP contribution >= 0.6 is 0 Å². The largest absolute Gasteiger partial charge is 0.492 e. The molecule has 5 nitrogen and oxygen atoms in total. The molecule has 2 aliphatic rings. The smallest absolute Gasteiger partial charge is 0.230 e. The first-order chi connectivity index (χ1) is 9.47. The number of carbonyl (C=O) groups is 2. The SMILES string of the molecule is COC1=C(C)C(=O)c2c(c(C)c3n2CCC(O)[13CH2]3)C1=O. The van der Waals surface area contributed by atoms with Gasteiger partial charge in [0.1, 0.15) is 5.69 Å². The lowest BCUT2D eigenvalue weighted by atomic mass is 9.92. The van der Waals surface area contributed by atoms with Crippen molar-refractivity contribution in [3.63, 3.8) is 0 Å². The van der Waals surface area contributed by atoms with Crippen LogP contribution in [0.25, 0.3) is 0 Å². The summed E-state index contributed by atoms with van der Waals surface area (Å²) in [6, 6.07) is 0. The van der Waals surface area contributed by atoms with Crippen molar-refractivity contribution >= 4 is 11.6 Å². The predicted molar refractivity (Wildman–Crippen MR) is 71.9 cm³/mol. The topological polar surface area (TPSA) is 68.5 Å². The molecule has 1 unspecified atom stereocenters. The molecule has 106 valence electrons. The van der Waals surface area contributed by atoms with E-state index < -0.39 is 6.10 Å². The average Bonchev–Trinajstić information content (AvgIpc) is 2.70. The van der Waals surface area contributed by atoms with Gasteiger partial charge in [-0.3, -0.25) is 9.59 Å². The molecule has 1 aromatic rings. The monoisotopic (exact) mass is 276 g/mol. The van der Waals surface area contributed by atoms with Crippen molar-refractivity contribution in [1.82, 2.24) is 4.57 Å². The van der Waals surface area contributed by atoms with Crippen LogP contribution < -0.4 is 0 Å². The molecule has 1 aliphatic heterocycles. The van der Waals surface area contributed by atoms with E-state index >= 15 is 0 Å². The Bertz CT molecular complexity index is 666. The minimum Gasteiger partial charge on any atom is -0.492 e. The number of carbonyl (C=O) groups excluding carboxylic acids is 2. The van der Waals surface area contributed by atoms with Gasteiger partial charge in [-0.15, -0.1) is 0 Å². The van der Waals surface area contributed by atoms with Gasteiger partial charge in [0.2, 0.25) is 11.6 Å². The van der Waals surface area contributed by atoms with Gasteiger partial charge < -0.3 is 14.4 Å². The highest BCUT2D eigenvalue weighted by Gasteiger charge is 2.38. The standard InChI is InChI=1S/C15H17NO4/c1-7-10-6-9(17)4-5-16(10)12-11(7)14(19)15(20-3)8(2)13(12)18/h9,17H,4-6H2,1-3H3/i6+1. The highest BCUT2D eigenvalue weighted by atomic mass is 16.5. The van der Waals surface area contributed by atoms with Gasteiger partial charge in [0.15, 0.2) is 5.76 Å². The molecule has 1 atom stereocenters. The lowest BCUT2D eigenvalue weighted by Crippen LogP contribution is -2.27. The van der Waals surface area contributed by atoms with Gasteiger partial charge in [0, 0.05) is 24.2 Å². The molecule has 0 amide bonds. The van der Waals surface area contributed by atoms with Crippen molar-refractivity contribution in [2.45, 2.75) is 39.3 Å². The quantitative estimate of drug-likeness (QED) is 0.787. The number of aliphatic hydroxyl groups is 1. The van der Waals surface area contributed by atoms with Gasteiger partial charge in [-0.2, -0.15) is 0 Å². The number of allylic oxidation sites excluding steroid dienone is 2. The van der Waals surface area contributed by atoms with Crippen LogP contribution in [-0.4, -0.2) is 34.5 Å². The zero-order chi connectivity index (χ0) is 14.6. The number of aromatic nitrogens is 1. The molecule has 1 aromatic heterocycles. The first-order valence-electron chi connectivity index (χ1n) is 6.71. The Labute approximate surface area is 116 Å². The maximum absolute atomic E-state index is 12.5. The van der Waals surface area contributed by atoms with Gasteiger partial charge in [-0.05, 0) is 25.8 Å². The van der Waals surface area contributed by atoms with E-state index in [4.69, 9.17) is 4.74 Å². The van der Waals surface area contributed by atoms with Gasteiger partial charge >= 0.3 is 0 Å². The fourth-order valence-electron chi connectivity index (χ4n) is 3.23. The molecule has 1 aliphatic carbocycles. The fourth-order valence-corrected chi connectivity index (χ4v) is 3.23. The van der Waals surface area contributed by atoms with E-state index in [-0.39, 0.29) is 17.3 Å². The number of rotatable bonds is 1. The summed E-state index contributed by atoms with van der Waals surface area (Å²) in [5.74, 6) is -0.246. The van der Waals surface area contributed by atoms with Crippen molar-refractivity contribution in [1.29, 1.82) is 0 Å². The third-order valence-electron chi connectivity index (χ3n) is 4.29. The Morgan fingerprint density at radius 2 is 1.95 bits per heavy atom. The lowest BCUT2D eigenvalue weighted by Gasteiger charge is -2.23. The number of ether oxygens (including phenoxy) is 1. The highest BCUT2D eigenvalue weighted by Crippen LogP contribution is 2.35. The van der Waals surface area contributed by atoms with Crippen molar-refractivity contribution in [3.8, 4) is 0 Å². The van der Waals surface area contributed by atoms with E-state index in [0.717, 1.165) is 11.3 Å². The maximum Gasteiger partial charge on any atom is 0.230 e. The Morgan fingerprint density at radius 1 is 1.25 bits per heavy atom. The molecule has 0 aromatic carbocycles. The number of hydrogen-bond acceptors (Lipinski definition) is 4. The van der Waals surface area contributed by atoms with Gasteiger partial charge in [0.05, 0.1) is 18.8 Å². The van der Waals surface area contributed by atoms with Crippen LogP contribution in [0.15, 0.2) is 11.3 Å². The molecule has 3 rings (SSSR count). The van der Waals surface area contributed by atoms with Crippen molar-refractivity contribution in [3.05, 3.63) is 33.8 Å². The summed E-state index contributed by atoms with van der Waals surface area (Å²) in [5.41, 5.74) is 2.95. The molecule has 0 radical (unpaired) electrons. The van der Waals surface area contributed by atoms with Crippen molar-refractivity contribution in [2.24, 2.45) is 0 Å². The first-order valence-corrected chi connectivity index (χ1v) is 6.71. The van der Waals surface area contributed by atoms with Crippen molar-refractivity contribution in [2.75, 3.05) is 7.11 Å². The normalized spacial score (nSPS) is 21.9. The molecule has 2 heterocycles. The molecule has 0 bridgehead atoms. The van der Waals surface area contributed by atoms with Crippen LogP contribution in [0.4, 0.5) is 0 Å². The summed E-state index contributed by atoms with van der Waals surface area (Å²) in [6.07, 6.45) is 0.689. The Hall–Kier alpha value is -1.88. The fraction of sp³-hybridized carbons (Fsp3) is 0.467. The molecule has 0 saturated carbocycles. The van der Waals surface area contributed by atoms with Crippen LogP contribution in [0.2, 0.25) is 0 Å². The van der Waals surface area contributed by atoms with E-state index in [1.807, 2.05) is 11.5 Å². The van der Waals surface area contributed by atoms with E-state index in [9.17, 15) is 14.7 Å². The van der Waals surface area contributed by atoms with Crippen LogP contribution in [0.3, 0.4) is 0 Å². The van der Waals surface area contributed by atoms with Gasteiger partial charge in [-0.1, -0.05) is 0 Å². The van der Waals surface area contributed by atoms with Crippen molar-refractivity contribution < 1.29 is 19.4 Å². The zero-order valence-corrected chi connectivity index (χ0v) is 11.8. The number of aliphatic hydroxyl groups excluding tert-OH is 1. The summed E-state index contributed by atoms with van der Waals surface area (Å²) in [5, 5.41) is 9.81. The summed E-state index contributed by atoms with van der Waals surface area (Å²) in [4.78, 5) is 25.0. The lowest BCUT2D eigenvalue weighted by molar-refractivity contribution is 0.0900. The Kier molecular flexibility index (Phi) is 2.83. The number of methoxy groups -OCH3 is 1. The zero-order valence-electron chi connectivity index (χ0n) is 11.8. The second kappa shape index (κ2) is 4.31. The minimum atomic E-state index is -0.404. The Morgan fingerprint density at radius 3 is 2.60 bits per heavy atom. The van der Waals surface area contributed by atoms with Crippen LogP contribution in [0, 0.1) is 6.92 Å². The number of ketones is 2. The molecule has 1 N–H and O–H groups in total. The summed E-state index contributed by atoms with van der Waals surface area (Å²) in [7, 11) is 1.41. The van der Waals surface area contributed by atoms with Crippen LogP contribution in [0.1, 0.15) is 45.4 Å². The first kappa shape index (κ1) is 13.1. The predicted octanol–water partition coefficient (Wildman–Crippen LogP) is 1.40. The number of fused-ring (bicyclic) bond motifs is 3. The van der Waals surface area contributed by atoms with E-state index in [2.05, 4.69) is 0 Å². The highest BCUT2D eigenvalue weighted by molar-refractivity contribution is 6.26. The molecule has 0 spiro atoms. The average molecular weight is 276 g/mol. The molecule has 0 saturated heterocycles.